The first-order valence-electron chi connectivity index (χ1n) is 14.2. The molecule has 0 heterocycles. The van der Waals surface area contributed by atoms with Gasteiger partial charge >= 0.3 is 5.97 Å². The van der Waals surface area contributed by atoms with Gasteiger partial charge < -0.3 is 19.7 Å². The number of unbranched alkanes of at least 4 members (excludes halogenated alkanes) is 1. The molecule has 5 heteroatoms. The maximum Gasteiger partial charge on any atom is 0.305 e. The summed E-state index contributed by atoms with van der Waals surface area (Å²) in [6, 6.07) is 0. The Morgan fingerprint density at radius 1 is 1.09 bits per heavy atom. The zero-order valence-corrected chi connectivity index (χ0v) is 22.3. The fraction of sp³-hybridized carbons (Fsp3) is 0.966. The zero-order valence-electron chi connectivity index (χ0n) is 22.3. The molecule has 0 aromatic rings. The van der Waals surface area contributed by atoms with Crippen LogP contribution in [0.15, 0.2) is 0 Å². The summed E-state index contributed by atoms with van der Waals surface area (Å²) in [5, 5.41) is 23.3. The van der Waals surface area contributed by atoms with Crippen LogP contribution in [0.5, 0.6) is 0 Å². The molecule has 0 saturated heterocycles. The fourth-order valence-electron chi connectivity index (χ4n) is 9.31. The number of carbonyl (C=O) groups excluding carboxylic acids is 1. The lowest BCUT2D eigenvalue weighted by Crippen LogP contribution is -2.62. The van der Waals surface area contributed by atoms with Gasteiger partial charge in [0.15, 0.2) is 0 Å². The van der Waals surface area contributed by atoms with E-state index in [1.54, 1.807) is 0 Å². The van der Waals surface area contributed by atoms with Crippen LogP contribution in [-0.2, 0) is 14.3 Å². The average molecular weight is 479 g/mol. The number of fused-ring (bicyclic) bond motifs is 5. The number of methoxy groups -OCH3 is 1. The van der Waals surface area contributed by atoms with Gasteiger partial charge in [0.1, 0.15) is 0 Å². The number of carbonyl (C=O) groups is 1. The minimum absolute atomic E-state index is 0.147. The molecular weight excluding hydrogens is 428 g/mol. The predicted molar refractivity (Wildman–Crippen MR) is 133 cm³/mol. The molecule has 0 aromatic heterocycles. The van der Waals surface area contributed by atoms with Crippen molar-refractivity contribution in [3.8, 4) is 0 Å². The second-order valence-corrected chi connectivity index (χ2v) is 12.8. The van der Waals surface area contributed by atoms with E-state index < -0.39 is 0 Å². The highest BCUT2D eigenvalue weighted by Crippen LogP contribution is 2.68. The highest BCUT2D eigenvalue weighted by Gasteiger charge is 2.65. The molecule has 0 bridgehead atoms. The monoisotopic (exact) mass is 478 g/mol. The van der Waals surface area contributed by atoms with Gasteiger partial charge in [-0.25, -0.2) is 0 Å². The van der Waals surface area contributed by atoms with Gasteiger partial charge in [-0.05, 0) is 104 Å². The number of ether oxygens (including phenoxy) is 2. The second kappa shape index (κ2) is 10.4. The third-order valence-electron chi connectivity index (χ3n) is 11.4. The molecule has 0 aliphatic heterocycles. The van der Waals surface area contributed by atoms with Crippen LogP contribution < -0.4 is 0 Å². The Bertz CT molecular complexity index is 711. The van der Waals surface area contributed by atoms with Gasteiger partial charge in [0, 0.05) is 13.0 Å². The largest absolute Gasteiger partial charge is 0.469 e. The summed E-state index contributed by atoms with van der Waals surface area (Å²) in [5.41, 5.74) is 0.00670. The van der Waals surface area contributed by atoms with E-state index in [-0.39, 0.29) is 34.9 Å². The molecule has 4 aliphatic carbocycles. The molecule has 11 atom stereocenters. The van der Waals surface area contributed by atoms with E-state index in [0.29, 0.717) is 42.1 Å². The first kappa shape index (κ1) is 26.4. The molecule has 0 amide bonds. The smallest absolute Gasteiger partial charge is 0.305 e. The Balaban J connectivity index is 1.50. The Morgan fingerprint density at radius 3 is 2.56 bits per heavy atom. The highest BCUT2D eigenvalue weighted by atomic mass is 16.5. The summed E-state index contributed by atoms with van der Waals surface area (Å²) in [4.78, 5) is 11.7. The molecule has 0 aromatic carbocycles. The van der Waals surface area contributed by atoms with Crippen LogP contribution >= 0.6 is 0 Å². The number of esters is 1. The molecule has 34 heavy (non-hydrogen) atoms. The molecule has 4 saturated carbocycles. The van der Waals surface area contributed by atoms with E-state index in [9.17, 15) is 15.0 Å². The number of rotatable bonds is 8. The summed E-state index contributed by atoms with van der Waals surface area (Å²) in [6.45, 7) is 10.1. The predicted octanol–water partition coefficient (Wildman–Crippen LogP) is 5.36. The van der Waals surface area contributed by atoms with Gasteiger partial charge in [0.05, 0.1) is 25.4 Å². The molecule has 4 aliphatic rings. The zero-order chi connectivity index (χ0) is 24.7. The van der Waals surface area contributed by atoms with Crippen LogP contribution in [0, 0.1) is 46.3 Å². The van der Waals surface area contributed by atoms with Crippen molar-refractivity contribution >= 4 is 5.97 Å². The molecule has 0 unspecified atom stereocenters. The van der Waals surface area contributed by atoms with Crippen LogP contribution in [0.4, 0.5) is 0 Å². The minimum Gasteiger partial charge on any atom is -0.469 e. The Morgan fingerprint density at radius 2 is 1.85 bits per heavy atom. The summed E-state index contributed by atoms with van der Waals surface area (Å²) in [6.07, 6.45) is 10.4. The van der Waals surface area contributed by atoms with Crippen molar-refractivity contribution in [1.29, 1.82) is 0 Å². The van der Waals surface area contributed by atoms with E-state index >= 15 is 0 Å². The lowest BCUT2D eigenvalue weighted by molar-refractivity contribution is -0.209. The third-order valence-corrected chi connectivity index (χ3v) is 11.4. The van der Waals surface area contributed by atoms with Crippen LogP contribution in [0.3, 0.4) is 0 Å². The number of hydrogen-bond acceptors (Lipinski definition) is 5. The normalized spacial score (nSPS) is 46.8. The van der Waals surface area contributed by atoms with Gasteiger partial charge in [-0.2, -0.15) is 0 Å². The van der Waals surface area contributed by atoms with Crippen LogP contribution in [0.1, 0.15) is 98.3 Å². The second-order valence-electron chi connectivity index (χ2n) is 12.8. The Kier molecular flexibility index (Phi) is 8.06. The number of aliphatic hydroxyl groups excluding tert-OH is 2. The average Bonchev–Trinajstić information content (AvgIpc) is 3.17. The molecule has 2 N–H and O–H groups in total. The van der Waals surface area contributed by atoms with Crippen molar-refractivity contribution in [2.45, 2.75) is 117 Å². The quantitative estimate of drug-likeness (QED) is 0.363. The fourth-order valence-corrected chi connectivity index (χ4v) is 9.31. The van der Waals surface area contributed by atoms with Crippen molar-refractivity contribution in [2.24, 2.45) is 46.3 Å². The summed E-state index contributed by atoms with van der Waals surface area (Å²) >= 11 is 0. The molecule has 0 radical (unpaired) electrons. The summed E-state index contributed by atoms with van der Waals surface area (Å²) in [7, 11) is 1.45. The topological polar surface area (TPSA) is 76.0 Å². The standard InChI is InChI=1S/C29H50O5/c1-6-7-14-34-20-12-13-28(3)19(15-20)16-24(30)27-22-10-9-21(18(2)8-11-26(32)33-5)29(22,4)25(31)17-23(27)28/h18-25,27,30-31H,6-17H2,1-5H3/t18-,19+,20-,21-,22+,23+,24-,25+,27+,28+,29-/m1/s1. The van der Waals surface area contributed by atoms with Crippen LogP contribution in [0.25, 0.3) is 0 Å². The van der Waals surface area contributed by atoms with Gasteiger partial charge in [0.25, 0.3) is 0 Å². The van der Waals surface area contributed by atoms with Crippen molar-refractivity contribution in [2.75, 3.05) is 13.7 Å². The SMILES string of the molecule is CCCCO[C@@H]1CC[C@@]2(C)[C@@H](C1)C[C@@H](O)[C@@H]1[C@@H]2C[C@H](O)[C@]2(C)[C@@H]([C@H](C)CCC(=O)OC)CC[C@@H]12. The Labute approximate surface area is 207 Å². The maximum absolute atomic E-state index is 11.7. The van der Waals surface area contributed by atoms with Crippen molar-refractivity contribution in [3.05, 3.63) is 0 Å². The van der Waals surface area contributed by atoms with Crippen LogP contribution in [-0.4, -0.2) is 48.2 Å². The first-order chi connectivity index (χ1) is 16.2. The minimum atomic E-state index is -0.340. The van der Waals surface area contributed by atoms with Gasteiger partial charge in [-0.15, -0.1) is 0 Å². The highest BCUT2D eigenvalue weighted by molar-refractivity contribution is 5.69. The van der Waals surface area contributed by atoms with Gasteiger partial charge in [0.2, 0.25) is 0 Å². The van der Waals surface area contributed by atoms with E-state index in [1.807, 2.05) is 0 Å². The van der Waals surface area contributed by atoms with E-state index in [4.69, 9.17) is 9.47 Å². The third kappa shape index (κ3) is 4.47. The lowest BCUT2D eigenvalue weighted by atomic mass is 9.43. The molecular formula is C29H50O5. The van der Waals surface area contributed by atoms with E-state index in [0.717, 1.165) is 70.8 Å². The first-order valence-corrected chi connectivity index (χ1v) is 14.2. The van der Waals surface area contributed by atoms with Gasteiger partial charge in [-0.1, -0.05) is 34.1 Å². The summed E-state index contributed by atoms with van der Waals surface area (Å²) in [5.74, 6) is 2.11. The molecule has 0 spiro atoms. The molecule has 196 valence electrons. The summed E-state index contributed by atoms with van der Waals surface area (Å²) < 4.78 is 11.1. The van der Waals surface area contributed by atoms with Crippen molar-refractivity contribution in [3.63, 3.8) is 0 Å². The number of hydrogen-bond donors (Lipinski definition) is 2. The Hall–Kier alpha value is -0.650. The maximum atomic E-state index is 11.7. The van der Waals surface area contributed by atoms with E-state index in [2.05, 4.69) is 27.7 Å². The van der Waals surface area contributed by atoms with Crippen LogP contribution in [0.2, 0.25) is 0 Å². The number of aliphatic hydroxyl groups is 2. The van der Waals surface area contributed by atoms with E-state index in [1.165, 1.54) is 7.11 Å². The molecule has 5 nitrogen and oxygen atoms in total. The molecule has 4 rings (SSSR count). The van der Waals surface area contributed by atoms with Crippen molar-refractivity contribution in [1.82, 2.24) is 0 Å². The molecule has 4 fully saturated rings. The van der Waals surface area contributed by atoms with Gasteiger partial charge in [-0.3, -0.25) is 4.79 Å². The lowest BCUT2D eigenvalue weighted by Gasteiger charge is -2.63. The van der Waals surface area contributed by atoms with Crippen molar-refractivity contribution < 1.29 is 24.5 Å².